The first-order valence-electron chi connectivity index (χ1n) is 15.1. The second kappa shape index (κ2) is 16.7. The smallest absolute Gasteiger partial charge is 0.326 e. The second-order valence-corrected chi connectivity index (χ2v) is 12.7. The standard InChI is InChI=1S/C30H48N8O8/c1-29(2,19-30(3,4)38(17-22-31-13-15-36(22)5)18-23-32-14-16-37(23)6)27(45)33-12-8-7-9-20(25(41)42)34-28(46)35-21(26(43)44)10-11-24(39)40/h13-16,20-21H,7-12,17-19H2,1-6H3,(H,33,45)(H,39,40)(H,41,42)(H,43,44)(H2,34,35,46)/t20-,21-/m0/s1. The Morgan fingerprint density at radius 1 is 0.826 bits per heavy atom. The van der Waals surface area contributed by atoms with Gasteiger partial charge in [0.25, 0.3) is 0 Å². The lowest BCUT2D eigenvalue weighted by Crippen LogP contribution is -2.51. The van der Waals surface area contributed by atoms with Crippen LogP contribution in [0, 0.1) is 5.41 Å². The molecule has 0 aromatic carbocycles. The number of hydrogen-bond acceptors (Lipinski definition) is 8. The van der Waals surface area contributed by atoms with Gasteiger partial charge < -0.3 is 40.4 Å². The Kier molecular flexibility index (Phi) is 13.7. The summed E-state index contributed by atoms with van der Waals surface area (Å²) in [5.74, 6) is -2.34. The number of urea groups is 1. The maximum Gasteiger partial charge on any atom is 0.326 e. The number of hydrogen-bond donors (Lipinski definition) is 6. The van der Waals surface area contributed by atoms with Crippen molar-refractivity contribution in [2.24, 2.45) is 19.5 Å². The fourth-order valence-electron chi connectivity index (χ4n) is 5.25. The number of amides is 3. The number of nitrogens with zero attached hydrogens (tertiary/aromatic N) is 5. The number of carbonyl (C=O) groups is 5. The van der Waals surface area contributed by atoms with Crippen LogP contribution in [0.1, 0.15) is 77.9 Å². The van der Waals surface area contributed by atoms with E-state index in [2.05, 4.69) is 44.7 Å². The van der Waals surface area contributed by atoms with Crippen LogP contribution in [0.25, 0.3) is 0 Å². The van der Waals surface area contributed by atoms with Gasteiger partial charge in [-0.2, -0.15) is 0 Å². The van der Waals surface area contributed by atoms with Gasteiger partial charge in [0.1, 0.15) is 23.7 Å². The van der Waals surface area contributed by atoms with E-state index in [-0.39, 0.29) is 18.7 Å². The van der Waals surface area contributed by atoms with E-state index in [0.717, 1.165) is 11.6 Å². The van der Waals surface area contributed by atoms with Crippen molar-refractivity contribution in [2.45, 2.75) is 96.9 Å². The SMILES string of the molecule is Cn1ccnc1CN(Cc1nccn1C)C(C)(C)CC(C)(C)C(=O)NCCCC[C@H](NC(=O)N[C@@H](CCC(=O)O)C(=O)O)C(=O)O. The largest absolute Gasteiger partial charge is 0.481 e. The number of carbonyl (C=O) groups excluding carboxylic acids is 2. The number of rotatable bonds is 20. The maximum absolute atomic E-state index is 13.3. The van der Waals surface area contributed by atoms with Crippen LogP contribution in [0.2, 0.25) is 0 Å². The molecule has 16 nitrogen and oxygen atoms in total. The van der Waals surface area contributed by atoms with E-state index in [1.165, 1.54) is 0 Å². The Hall–Kier alpha value is -4.47. The van der Waals surface area contributed by atoms with Gasteiger partial charge in [0.2, 0.25) is 5.91 Å². The Morgan fingerprint density at radius 3 is 1.76 bits per heavy atom. The highest BCUT2D eigenvalue weighted by atomic mass is 16.4. The molecule has 0 aliphatic heterocycles. The molecule has 0 saturated heterocycles. The monoisotopic (exact) mass is 648 g/mol. The summed E-state index contributed by atoms with van der Waals surface area (Å²) >= 11 is 0. The molecule has 16 heteroatoms. The second-order valence-electron chi connectivity index (χ2n) is 12.7. The first-order valence-corrected chi connectivity index (χ1v) is 15.1. The zero-order valence-electron chi connectivity index (χ0n) is 27.4. The number of carboxylic acids is 3. The van der Waals surface area contributed by atoms with Crippen molar-refractivity contribution >= 4 is 29.8 Å². The molecule has 0 unspecified atom stereocenters. The lowest BCUT2D eigenvalue weighted by Gasteiger charge is -2.42. The molecule has 0 saturated carbocycles. The summed E-state index contributed by atoms with van der Waals surface area (Å²) in [6.07, 6.45) is 7.81. The minimum Gasteiger partial charge on any atom is -0.481 e. The topological polar surface area (TPSA) is 221 Å². The summed E-state index contributed by atoms with van der Waals surface area (Å²) < 4.78 is 3.93. The molecule has 6 N–H and O–H groups in total. The zero-order chi connectivity index (χ0) is 34.7. The molecule has 256 valence electrons. The third kappa shape index (κ3) is 11.8. The zero-order valence-corrected chi connectivity index (χ0v) is 27.4. The molecule has 0 aliphatic rings. The quantitative estimate of drug-likeness (QED) is 0.113. The van der Waals surface area contributed by atoms with E-state index < -0.39 is 53.4 Å². The first kappa shape index (κ1) is 37.7. The van der Waals surface area contributed by atoms with Crippen LogP contribution in [0.15, 0.2) is 24.8 Å². The van der Waals surface area contributed by atoms with Gasteiger partial charge in [-0.25, -0.2) is 24.4 Å². The van der Waals surface area contributed by atoms with Crippen LogP contribution in [0.4, 0.5) is 4.79 Å². The summed E-state index contributed by atoms with van der Waals surface area (Å²) in [4.78, 5) is 70.5. The molecule has 2 atom stereocenters. The van der Waals surface area contributed by atoms with Gasteiger partial charge >= 0.3 is 23.9 Å². The van der Waals surface area contributed by atoms with E-state index in [0.29, 0.717) is 38.9 Å². The predicted molar refractivity (Wildman–Crippen MR) is 166 cm³/mol. The van der Waals surface area contributed by atoms with Crippen molar-refractivity contribution < 1.29 is 39.3 Å². The molecule has 0 aliphatic carbocycles. The van der Waals surface area contributed by atoms with Gasteiger partial charge in [-0.1, -0.05) is 13.8 Å². The van der Waals surface area contributed by atoms with Crippen molar-refractivity contribution in [1.82, 2.24) is 40.0 Å². The fourth-order valence-corrected chi connectivity index (χ4v) is 5.25. The van der Waals surface area contributed by atoms with Crippen molar-refractivity contribution in [2.75, 3.05) is 6.54 Å². The van der Waals surface area contributed by atoms with Crippen LogP contribution in [-0.4, -0.2) is 93.3 Å². The number of aryl methyl sites for hydroxylation is 2. The molecule has 2 aromatic rings. The minimum atomic E-state index is -1.48. The third-order valence-electron chi connectivity index (χ3n) is 7.91. The first-order chi connectivity index (χ1) is 21.4. The molecule has 0 radical (unpaired) electrons. The van der Waals surface area contributed by atoms with Crippen LogP contribution >= 0.6 is 0 Å². The third-order valence-corrected chi connectivity index (χ3v) is 7.91. The average Bonchev–Trinajstić information content (AvgIpc) is 3.55. The van der Waals surface area contributed by atoms with E-state index in [4.69, 9.17) is 5.11 Å². The van der Waals surface area contributed by atoms with Gasteiger partial charge in [0, 0.05) is 62.8 Å². The maximum atomic E-state index is 13.3. The van der Waals surface area contributed by atoms with Crippen molar-refractivity contribution in [3.8, 4) is 0 Å². The number of aliphatic carboxylic acids is 3. The van der Waals surface area contributed by atoms with Gasteiger partial charge in [-0.3, -0.25) is 14.5 Å². The molecular formula is C30H48N8O8. The average molecular weight is 649 g/mol. The van der Waals surface area contributed by atoms with E-state index in [9.17, 15) is 34.2 Å². The number of imidazole rings is 2. The van der Waals surface area contributed by atoms with Gasteiger partial charge in [-0.05, 0) is 46.0 Å². The van der Waals surface area contributed by atoms with E-state index in [1.54, 1.807) is 12.4 Å². The molecule has 0 bridgehead atoms. The summed E-state index contributed by atoms with van der Waals surface area (Å²) in [6.45, 7) is 9.35. The van der Waals surface area contributed by atoms with Crippen LogP contribution in [0.5, 0.6) is 0 Å². The summed E-state index contributed by atoms with van der Waals surface area (Å²) in [5, 5.41) is 34.7. The van der Waals surface area contributed by atoms with Crippen LogP contribution in [-0.2, 0) is 46.4 Å². The van der Waals surface area contributed by atoms with Crippen LogP contribution < -0.4 is 16.0 Å². The molecule has 3 amide bonds. The number of nitrogens with one attached hydrogen (secondary N) is 3. The Labute approximate surface area is 268 Å². The highest BCUT2D eigenvalue weighted by Crippen LogP contribution is 2.34. The Balaban J connectivity index is 1.91. The molecular weight excluding hydrogens is 600 g/mol. The molecule has 0 spiro atoms. The van der Waals surface area contributed by atoms with Gasteiger partial charge in [0.15, 0.2) is 0 Å². The summed E-state index contributed by atoms with van der Waals surface area (Å²) in [5.41, 5.74) is -1.19. The number of unbranched alkanes of at least 4 members (excludes halogenated alkanes) is 1. The number of aromatic nitrogens is 4. The van der Waals surface area contributed by atoms with Crippen molar-refractivity contribution in [1.29, 1.82) is 0 Å². The Morgan fingerprint density at radius 2 is 1.33 bits per heavy atom. The lowest BCUT2D eigenvalue weighted by atomic mass is 9.78. The van der Waals surface area contributed by atoms with E-state index >= 15 is 0 Å². The minimum absolute atomic E-state index is 0.0389. The van der Waals surface area contributed by atoms with E-state index in [1.807, 2.05) is 49.5 Å². The predicted octanol–water partition coefficient (Wildman–Crippen LogP) is 1.71. The van der Waals surface area contributed by atoms with Gasteiger partial charge in [0.05, 0.1) is 13.1 Å². The normalized spacial score (nSPS) is 13.2. The fraction of sp³-hybridized carbons (Fsp3) is 0.633. The molecule has 2 rings (SSSR count). The van der Waals surface area contributed by atoms with Gasteiger partial charge in [-0.15, -0.1) is 0 Å². The van der Waals surface area contributed by atoms with Crippen LogP contribution in [0.3, 0.4) is 0 Å². The summed E-state index contributed by atoms with van der Waals surface area (Å²) in [6, 6.07) is -3.81. The molecule has 0 fully saturated rings. The van der Waals surface area contributed by atoms with Crippen molar-refractivity contribution in [3.63, 3.8) is 0 Å². The Bertz CT molecular complexity index is 1310. The highest BCUT2D eigenvalue weighted by Gasteiger charge is 2.38. The van der Waals surface area contributed by atoms with Crippen molar-refractivity contribution in [3.05, 3.63) is 36.4 Å². The highest BCUT2D eigenvalue weighted by molar-refractivity contribution is 5.86. The number of carboxylic acid groups (broad SMARTS) is 3. The summed E-state index contributed by atoms with van der Waals surface area (Å²) in [7, 11) is 3.88. The molecule has 2 aromatic heterocycles. The molecule has 2 heterocycles. The molecule has 46 heavy (non-hydrogen) atoms. The lowest BCUT2D eigenvalue weighted by molar-refractivity contribution is -0.140.